The standard InChI is InChI=1S/C24H26ClN7OS/c1-31-23(34)20(21(26)32-18-5-3-2-4-17(18)30-24(31)32)22(29-15-7-9-16(33)10-8-15)28-13-14-6-11-19(25)27-12-14/h6-12,17-18,26,28-29,33H,2-5,13H2,1H3. The van der Waals surface area contributed by atoms with Crippen molar-refractivity contribution in [3.63, 3.8) is 0 Å². The van der Waals surface area contributed by atoms with E-state index in [9.17, 15) is 10.5 Å². The zero-order valence-corrected chi connectivity index (χ0v) is 20.3. The van der Waals surface area contributed by atoms with Crippen LogP contribution < -0.4 is 27.0 Å². The third-order valence-corrected chi connectivity index (χ3v) is 7.16. The zero-order chi connectivity index (χ0) is 23.8. The van der Waals surface area contributed by atoms with Crippen LogP contribution in [0, 0.1) is 10.0 Å². The molecule has 0 saturated heterocycles. The molecule has 0 spiro atoms. The number of hydrogen-bond donors (Lipinski definition) is 4. The molecule has 10 heteroatoms. The van der Waals surface area contributed by atoms with E-state index in [1.54, 1.807) is 36.5 Å². The molecule has 0 radical (unpaired) electrons. The smallest absolute Gasteiger partial charge is 0.208 e. The lowest BCUT2D eigenvalue weighted by atomic mass is 9.91. The summed E-state index contributed by atoms with van der Waals surface area (Å²) >= 11 is 11.8. The lowest BCUT2D eigenvalue weighted by Gasteiger charge is -2.25. The Bertz CT molecular complexity index is 1460. The lowest BCUT2D eigenvalue weighted by Crippen LogP contribution is -2.51. The Morgan fingerprint density at radius 3 is 2.71 bits per heavy atom. The van der Waals surface area contributed by atoms with Gasteiger partial charge in [-0.1, -0.05) is 42.7 Å². The molecule has 2 atom stereocenters. The summed E-state index contributed by atoms with van der Waals surface area (Å²) in [4.78, 5) is 9.09. The number of nitrogens with one attached hydrogen (secondary N) is 3. The molecule has 0 bridgehead atoms. The molecule has 5 rings (SSSR count). The van der Waals surface area contributed by atoms with Gasteiger partial charge in [-0.3, -0.25) is 9.98 Å². The molecule has 176 valence electrons. The Morgan fingerprint density at radius 1 is 1.21 bits per heavy atom. The highest BCUT2D eigenvalue weighted by Crippen LogP contribution is 2.31. The molecular formula is C24H26ClN7OS. The van der Waals surface area contributed by atoms with Gasteiger partial charge in [-0.2, -0.15) is 0 Å². The minimum atomic E-state index is 0.182. The molecule has 1 aromatic carbocycles. The van der Waals surface area contributed by atoms with E-state index >= 15 is 0 Å². The van der Waals surface area contributed by atoms with Gasteiger partial charge >= 0.3 is 0 Å². The Kier molecular flexibility index (Phi) is 6.14. The molecule has 1 aliphatic heterocycles. The average Bonchev–Trinajstić information content (AvgIpc) is 3.23. The van der Waals surface area contributed by atoms with Crippen LogP contribution in [0.15, 0.2) is 47.6 Å². The van der Waals surface area contributed by atoms with Gasteiger partial charge in [0.15, 0.2) is 0 Å². The van der Waals surface area contributed by atoms with E-state index in [1.165, 1.54) is 6.42 Å². The Labute approximate surface area is 206 Å². The fraction of sp³-hybridized carbons (Fsp3) is 0.333. The molecule has 0 amide bonds. The normalized spacial score (nSPS) is 19.6. The van der Waals surface area contributed by atoms with Crippen LogP contribution in [0.2, 0.25) is 5.15 Å². The number of rotatable bonds is 5. The van der Waals surface area contributed by atoms with Crippen LogP contribution in [0.25, 0.3) is 5.82 Å². The van der Waals surface area contributed by atoms with E-state index in [2.05, 4.69) is 15.6 Å². The third kappa shape index (κ3) is 4.21. The van der Waals surface area contributed by atoms with Crippen LogP contribution in [-0.4, -0.2) is 25.3 Å². The number of anilines is 1. The first-order chi connectivity index (χ1) is 16.4. The number of pyridine rings is 1. The van der Waals surface area contributed by atoms with Crippen LogP contribution >= 0.6 is 23.8 Å². The summed E-state index contributed by atoms with van der Waals surface area (Å²) in [6, 6.07) is 10.8. The van der Waals surface area contributed by atoms with Crippen molar-refractivity contribution in [2.24, 2.45) is 12.0 Å². The molecule has 2 aliphatic rings. The molecule has 8 nitrogen and oxygen atoms in total. The largest absolute Gasteiger partial charge is 0.508 e. The molecule has 3 aromatic rings. The van der Waals surface area contributed by atoms with Gasteiger partial charge in [-0.25, -0.2) is 9.98 Å². The third-order valence-electron chi connectivity index (χ3n) is 6.46. The van der Waals surface area contributed by atoms with Crippen molar-refractivity contribution in [1.82, 2.24) is 19.4 Å². The van der Waals surface area contributed by atoms with Crippen LogP contribution in [0.4, 0.5) is 5.69 Å². The second kappa shape index (κ2) is 9.23. The van der Waals surface area contributed by atoms with Gasteiger partial charge in [0.1, 0.15) is 26.9 Å². The average molecular weight is 496 g/mol. The van der Waals surface area contributed by atoms with Crippen LogP contribution in [0.1, 0.15) is 37.3 Å². The number of halogens is 1. The van der Waals surface area contributed by atoms with E-state index in [-0.39, 0.29) is 17.8 Å². The van der Waals surface area contributed by atoms with E-state index in [0.29, 0.717) is 32.9 Å². The van der Waals surface area contributed by atoms with E-state index in [0.717, 1.165) is 36.1 Å². The molecule has 1 saturated carbocycles. The van der Waals surface area contributed by atoms with Crippen molar-refractivity contribution in [3.05, 3.63) is 74.3 Å². The van der Waals surface area contributed by atoms with E-state index < -0.39 is 0 Å². The fourth-order valence-corrected chi connectivity index (χ4v) is 5.10. The topological polar surface area (TPSA) is 103 Å². The van der Waals surface area contributed by atoms with Crippen LogP contribution in [-0.2, 0) is 13.6 Å². The second-order valence-corrected chi connectivity index (χ2v) is 9.47. The highest BCUT2D eigenvalue weighted by atomic mass is 35.5. The SMILES string of the molecule is Cn1c(=S)c(=C(NCc2ccc(Cl)nc2)Nc2ccc(O)cc2)c(=N)n2c1=NC1CCCCC12. The summed E-state index contributed by atoms with van der Waals surface area (Å²) in [7, 11) is 1.92. The molecule has 2 aromatic heterocycles. The number of phenolic OH excluding ortho intramolecular Hbond substituents is 1. The van der Waals surface area contributed by atoms with Crippen molar-refractivity contribution < 1.29 is 5.11 Å². The van der Waals surface area contributed by atoms with Gasteiger partial charge in [-0.05, 0) is 48.7 Å². The number of aromatic hydroxyl groups is 1. The molecule has 3 heterocycles. The number of nitrogens with zero attached hydrogens (tertiary/aromatic N) is 4. The summed E-state index contributed by atoms with van der Waals surface area (Å²) in [5.74, 6) is 0.794. The maximum absolute atomic E-state index is 9.69. The molecule has 1 fully saturated rings. The van der Waals surface area contributed by atoms with E-state index in [4.69, 9.17) is 28.8 Å². The van der Waals surface area contributed by atoms with Crippen molar-refractivity contribution in [2.45, 2.75) is 44.3 Å². The first kappa shape index (κ1) is 22.6. The fourth-order valence-electron chi connectivity index (χ4n) is 4.71. The molecule has 1 aliphatic carbocycles. The molecule has 4 N–H and O–H groups in total. The highest BCUT2D eigenvalue weighted by Gasteiger charge is 2.32. The number of hydrogen-bond acceptors (Lipinski definition) is 7. The van der Waals surface area contributed by atoms with Crippen molar-refractivity contribution >= 4 is 35.3 Å². The predicted molar refractivity (Wildman–Crippen MR) is 133 cm³/mol. The van der Waals surface area contributed by atoms with Crippen molar-refractivity contribution in [3.8, 4) is 5.75 Å². The number of fused-ring (bicyclic) bond motifs is 3. The quantitative estimate of drug-likeness (QED) is 0.247. The maximum atomic E-state index is 9.69. The van der Waals surface area contributed by atoms with Gasteiger partial charge in [-0.15, -0.1) is 0 Å². The zero-order valence-electron chi connectivity index (χ0n) is 18.8. The van der Waals surface area contributed by atoms with Gasteiger partial charge in [0.05, 0.1) is 17.3 Å². The minimum Gasteiger partial charge on any atom is -0.508 e. The van der Waals surface area contributed by atoms with Gasteiger partial charge in [0, 0.05) is 25.5 Å². The van der Waals surface area contributed by atoms with Crippen molar-refractivity contribution in [2.75, 3.05) is 5.32 Å². The van der Waals surface area contributed by atoms with Crippen molar-refractivity contribution in [1.29, 1.82) is 5.41 Å². The summed E-state index contributed by atoms with van der Waals surface area (Å²) in [5.41, 5.74) is 2.81. The number of benzene rings is 1. The summed E-state index contributed by atoms with van der Waals surface area (Å²) in [5, 5.41) is 26.7. The number of aromatic nitrogens is 3. The first-order valence-corrected chi connectivity index (χ1v) is 12.1. The van der Waals surface area contributed by atoms with Crippen LogP contribution in [0.5, 0.6) is 5.75 Å². The lowest BCUT2D eigenvalue weighted by molar-refractivity contribution is 0.321. The Hall–Kier alpha value is -3.17. The highest BCUT2D eigenvalue weighted by molar-refractivity contribution is 7.71. The summed E-state index contributed by atoms with van der Waals surface area (Å²) in [6.07, 6.45) is 6.07. The summed E-state index contributed by atoms with van der Waals surface area (Å²) < 4.78 is 4.48. The van der Waals surface area contributed by atoms with Crippen LogP contribution in [0.3, 0.4) is 0 Å². The Morgan fingerprint density at radius 2 is 1.97 bits per heavy atom. The predicted octanol–water partition coefficient (Wildman–Crippen LogP) is 2.87. The van der Waals surface area contributed by atoms with Gasteiger partial charge < -0.3 is 20.3 Å². The van der Waals surface area contributed by atoms with Gasteiger partial charge in [0.2, 0.25) is 5.62 Å². The Balaban J connectivity index is 1.66. The molecular weight excluding hydrogens is 470 g/mol. The maximum Gasteiger partial charge on any atom is 0.208 e. The van der Waals surface area contributed by atoms with Gasteiger partial charge in [0.25, 0.3) is 0 Å². The number of phenols is 1. The molecule has 2 unspecified atom stereocenters. The first-order valence-electron chi connectivity index (χ1n) is 11.3. The second-order valence-electron chi connectivity index (χ2n) is 8.70. The monoisotopic (exact) mass is 495 g/mol. The van der Waals surface area contributed by atoms with E-state index in [1.807, 2.05) is 22.2 Å². The minimum absolute atomic E-state index is 0.182. The summed E-state index contributed by atoms with van der Waals surface area (Å²) in [6.45, 7) is 0.459. The molecule has 34 heavy (non-hydrogen) atoms.